The summed E-state index contributed by atoms with van der Waals surface area (Å²) < 4.78 is 21.6. The van der Waals surface area contributed by atoms with E-state index in [-0.39, 0.29) is 5.54 Å². The number of hydrogen-bond acceptors (Lipinski definition) is 5. The van der Waals surface area contributed by atoms with Gasteiger partial charge in [-0.25, -0.2) is 4.79 Å². The highest BCUT2D eigenvalue weighted by atomic mass is 28.4. The molecule has 0 bridgehead atoms. The Labute approximate surface area is 117 Å². The van der Waals surface area contributed by atoms with Crippen molar-refractivity contribution in [1.82, 2.24) is 0 Å². The molecule has 0 N–H and O–H groups in total. The third kappa shape index (κ3) is 5.86. The Bertz CT molecular complexity index is 257. The summed E-state index contributed by atoms with van der Waals surface area (Å²) in [6, 6.07) is 0. The fourth-order valence-corrected chi connectivity index (χ4v) is 4.59. The van der Waals surface area contributed by atoms with E-state index in [1.54, 1.807) is 21.3 Å². The van der Waals surface area contributed by atoms with Crippen molar-refractivity contribution in [2.75, 3.05) is 27.9 Å². The monoisotopic (exact) mass is 290 g/mol. The van der Waals surface area contributed by atoms with Gasteiger partial charge in [-0.05, 0) is 12.8 Å². The molecule has 0 heterocycles. The zero-order valence-electron chi connectivity index (χ0n) is 12.4. The zero-order chi connectivity index (χ0) is 14.7. The van der Waals surface area contributed by atoms with Gasteiger partial charge in [-0.15, -0.1) is 0 Å². The van der Waals surface area contributed by atoms with E-state index in [9.17, 15) is 4.79 Å². The number of carbonyl (C=O) groups is 1. The number of esters is 1. The number of hydrogen-bond donors (Lipinski definition) is 0. The minimum absolute atomic E-state index is 0.130. The summed E-state index contributed by atoms with van der Waals surface area (Å²) >= 11 is 0. The molecule has 5 nitrogen and oxygen atoms in total. The Kier molecular flexibility index (Phi) is 9.77. The lowest BCUT2D eigenvalue weighted by atomic mass is 10.1. The number of rotatable bonds is 11. The maximum absolute atomic E-state index is 11.0. The van der Waals surface area contributed by atoms with E-state index in [0.29, 0.717) is 13.0 Å². The zero-order valence-corrected chi connectivity index (χ0v) is 13.4. The lowest BCUT2D eigenvalue weighted by Gasteiger charge is -2.32. The molecule has 0 aromatic rings. The van der Waals surface area contributed by atoms with Gasteiger partial charge in [0.2, 0.25) is 0 Å². The molecular formula is C13H26O5Si. The van der Waals surface area contributed by atoms with Crippen LogP contribution in [0.25, 0.3) is 0 Å². The van der Waals surface area contributed by atoms with Crippen molar-refractivity contribution in [2.45, 2.75) is 38.1 Å². The van der Waals surface area contributed by atoms with Crippen molar-refractivity contribution in [1.29, 1.82) is 0 Å². The average molecular weight is 290 g/mol. The largest absolute Gasteiger partial charge is 0.503 e. The quantitative estimate of drug-likeness (QED) is 0.332. The average Bonchev–Trinajstić information content (AvgIpc) is 2.45. The van der Waals surface area contributed by atoms with E-state index < -0.39 is 14.8 Å². The maximum Gasteiger partial charge on any atom is 0.503 e. The summed E-state index contributed by atoms with van der Waals surface area (Å²) in [6.45, 7) is 5.82. The fourth-order valence-electron chi connectivity index (χ4n) is 2.06. The minimum atomic E-state index is -2.68. The van der Waals surface area contributed by atoms with Crippen LogP contribution in [-0.4, -0.2) is 42.7 Å². The highest BCUT2D eigenvalue weighted by Crippen LogP contribution is 2.32. The lowest BCUT2D eigenvalue weighted by molar-refractivity contribution is -0.137. The molecule has 0 saturated carbocycles. The second-order valence-electron chi connectivity index (χ2n) is 4.22. The molecule has 0 rings (SSSR count). The molecule has 6 heteroatoms. The van der Waals surface area contributed by atoms with Gasteiger partial charge >= 0.3 is 14.8 Å². The van der Waals surface area contributed by atoms with Crippen molar-refractivity contribution < 1.29 is 22.8 Å². The normalized spacial score (nSPS) is 13.1. The van der Waals surface area contributed by atoms with Crippen molar-refractivity contribution in [3.05, 3.63) is 12.7 Å². The van der Waals surface area contributed by atoms with Crippen LogP contribution in [0.5, 0.6) is 0 Å². The van der Waals surface area contributed by atoms with E-state index in [2.05, 4.69) is 13.5 Å². The van der Waals surface area contributed by atoms with Gasteiger partial charge in [0.15, 0.2) is 0 Å². The van der Waals surface area contributed by atoms with Gasteiger partial charge in [0, 0.05) is 32.9 Å². The van der Waals surface area contributed by atoms with Crippen LogP contribution >= 0.6 is 0 Å². The SMILES string of the molecule is C=CC(=O)OCCC(CCCC)[Si](OC)(OC)OC. The van der Waals surface area contributed by atoms with E-state index in [4.69, 9.17) is 18.0 Å². The van der Waals surface area contributed by atoms with E-state index >= 15 is 0 Å². The molecular weight excluding hydrogens is 264 g/mol. The summed E-state index contributed by atoms with van der Waals surface area (Å²) in [4.78, 5) is 11.0. The van der Waals surface area contributed by atoms with Gasteiger partial charge in [0.25, 0.3) is 0 Å². The summed E-state index contributed by atoms with van der Waals surface area (Å²) in [5, 5.41) is 0. The minimum Gasteiger partial charge on any atom is -0.463 e. The Morgan fingerprint density at radius 2 is 1.79 bits per heavy atom. The van der Waals surface area contributed by atoms with Gasteiger partial charge in [-0.2, -0.15) is 0 Å². The van der Waals surface area contributed by atoms with E-state index in [1.165, 1.54) is 0 Å². The highest BCUT2D eigenvalue weighted by molar-refractivity contribution is 6.62. The predicted octanol–water partition coefficient (Wildman–Crippen LogP) is 2.54. The topological polar surface area (TPSA) is 54.0 Å². The first-order valence-electron chi connectivity index (χ1n) is 6.54. The van der Waals surface area contributed by atoms with Gasteiger partial charge in [0.1, 0.15) is 0 Å². The summed E-state index contributed by atoms with van der Waals surface area (Å²) in [5.41, 5.74) is 0.130. The number of ether oxygens (including phenoxy) is 1. The molecule has 0 aromatic heterocycles. The first-order valence-corrected chi connectivity index (χ1v) is 8.35. The Balaban J connectivity index is 4.59. The molecule has 1 atom stereocenters. The third-order valence-electron chi connectivity index (χ3n) is 3.14. The molecule has 0 aliphatic heterocycles. The van der Waals surface area contributed by atoms with E-state index in [0.717, 1.165) is 25.3 Å². The van der Waals surface area contributed by atoms with Crippen molar-refractivity contribution >= 4 is 14.8 Å². The first kappa shape index (κ1) is 18.3. The molecule has 0 aromatic carbocycles. The van der Waals surface area contributed by atoms with Crippen molar-refractivity contribution in [2.24, 2.45) is 0 Å². The van der Waals surface area contributed by atoms with Gasteiger partial charge in [-0.1, -0.05) is 26.3 Å². The smallest absolute Gasteiger partial charge is 0.463 e. The van der Waals surface area contributed by atoms with Crippen LogP contribution in [0.15, 0.2) is 12.7 Å². The second-order valence-corrected chi connectivity index (χ2v) is 7.46. The molecule has 0 saturated heterocycles. The van der Waals surface area contributed by atoms with Crippen LogP contribution in [0.2, 0.25) is 5.54 Å². The highest BCUT2D eigenvalue weighted by Gasteiger charge is 2.46. The van der Waals surface area contributed by atoms with Crippen LogP contribution in [0.3, 0.4) is 0 Å². The summed E-state index contributed by atoms with van der Waals surface area (Å²) in [6.07, 6.45) is 4.91. The molecule has 0 amide bonds. The lowest BCUT2D eigenvalue weighted by Crippen LogP contribution is -2.48. The second kappa shape index (κ2) is 10.1. The van der Waals surface area contributed by atoms with Crippen LogP contribution in [0.1, 0.15) is 32.6 Å². The molecule has 0 aliphatic rings. The molecule has 0 aliphatic carbocycles. The van der Waals surface area contributed by atoms with E-state index in [1.807, 2.05) is 0 Å². The van der Waals surface area contributed by atoms with Crippen molar-refractivity contribution in [3.63, 3.8) is 0 Å². The maximum atomic E-state index is 11.0. The van der Waals surface area contributed by atoms with Crippen LogP contribution in [0, 0.1) is 0 Å². The van der Waals surface area contributed by atoms with Crippen LogP contribution in [0.4, 0.5) is 0 Å². The standard InChI is InChI=1S/C13H26O5Si/c1-6-8-9-12(10-11-18-13(14)7-2)19(15-3,16-4)17-5/h7,12H,2,6,8-11H2,1,3-5H3. The Morgan fingerprint density at radius 3 is 2.21 bits per heavy atom. The first-order chi connectivity index (χ1) is 9.10. The number of carbonyl (C=O) groups excluding carboxylic acids is 1. The summed E-state index contributed by atoms with van der Waals surface area (Å²) in [7, 11) is 2.13. The van der Waals surface area contributed by atoms with Crippen LogP contribution in [-0.2, 0) is 22.8 Å². The molecule has 19 heavy (non-hydrogen) atoms. The molecule has 1 unspecified atom stereocenters. The fraction of sp³-hybridized carbons (Fsp3) is 0.769. The predicted molar refractivity (Wildman–Crippen MR) is 75.8 cm³/mol. The van der Waals surface area contributed by atoms with Gasteiger partial charge in [-0.3, -0.25) is 0 Å². The molecule has 0 fully saturated rings. The van der Waals surface area contributed by atoms with Crippen molar-refractivity contribution in [3.8, 4) is 0 Å². The summed E-state index contributed by atoms with van der Waals surface area (Å²) in [5.74, 6) is -0.409. The van der Waals surface area contributed by atoms with Gasteiger partial charge < -0.3 is 18.0 Å². The Morgan fingerprint density at radius 1 is 1.21 bits per heavy atom. The molecule has 0 spiro atoms. The molecule has 0 radical (unpaired) electrons. The molecule has 112 valence electrons. The third-order valence-corrected chi connectivity index (χ3v) is 6.42. The Hall–Kier alpha value is -0.693. The van der Waals surface area contributed by atoms with Crippen LogP contribution < -0.4 is 0 Å². The van der Waals surface area contributed by atoms with Gasteiger partial charge in [0.05, 0.1) is 6.61 Å². The number of unbranched alkanes of at least 4 members (excludes halogenated alkanes) is 1.